The minimum absolute atomic E-state index is 0.153. The van der Waals surface area contributed by atoms with Crippen molar-refractivity contribution in [3.8, 4) is 0 Å². The van der Waals surface area contributed by atoms with Gasteiger partial charge in [0.1, 0.15) is 0 Å². The molecular weight excluding hydrogens is 294 g/mol. The van der Waals surface area contributed by atoms with Crippen molar-refractivity contribution in [3.63, 3.8) is 0 Å². The summed E-state index contributed by atoms with van der Waals surface area (Å²) in [6.07, 6.45) is 1.92. The zero-order valence-electron chi connectivity index (χ0n) is 13.8. The van der Waals surface area contributed by atoms with Crippen LogP contribution in [-0.2, 0) is 7.05 Å². The lowest BCUT2D eigenvalue weighted by Gasteiger charge is -2.14. The molecule has 0 aliphatic heterocycles. The number of fused-ring (bicyclic) bond motifs is 1. The Hall–Kier alpha value is -2.70. The third-order valence-corrected chi connectivity index (χ3v) is 3.86. The van der Waals surface area contributed by atoms with Crippen LogP contribution in [0, 0.1) is 20.8 Å². The molecule has 0 spiro atoms. The lowest BCUT2D eigenvalue weighted by atomic mass is 10.1. The Morgan fingerprint density at radius 3 is 2.70 bits per heavy atom. The molecule has 1 N–H and O–H groups in total. The molecule has 0 bridgehead atoms. The summed E-state index contributed by atoms with van der Waals surface area (Å²) >= 11 is 0. The second-order valence-corrected chi connectivity index (χ2v) is 5.80. The highest BCUT2D eigenvalue weighted by Gasteiger charge is 2.20. The number of aryl methyl sites for hydroxylation is 4. The average molecular weight is 313 g/mol. The van der Waals surface area contributed by atoms with E-state index < -0.39 is 0 Å². The first-order chi connectivity index (χ1) is 10.9. The standard InChI is InChI=1S/C16H19N5O2/c1-8-6-12(14-11(4)20-23-16(14)17-8)15(22)18-9(2)13-7-21(5)19-10(13)3/h6-7,9H,1-5H3,(H,18,22)/t9-/m1/s1. The summed E-state index contributed by atoms with van der Waals surface area (Å²) in [5.41, 5.74) is 4.17. The van der Waals surface area contributed by atoms with Gasteiger partial charge in [-0.2, -0.15) is 5.10 Å². The molecular formula is C16H19N5O2. The molecule has 7 nitrogen and oxygen atoms in total. The number of hydrogen-bond donors (Lipinski definition) is 1. The molecule has 0 fully saturated rings. The molecule has 1 amide bonds. The molecule has 23 heavy (non-hydrogen) atoms. The van der Waals surface area contributed by atoms with Crippen molar-refractivity contribution >= 4 is 17.0 Å². The van der Waals surface area contributed by atoms with Crippen molar-refractivity contribution in [2.45, 2.75) is 33.7 Å². The van der Waals surface area contributed by atoms with Crippen LogP contribution >= 0.6 is 0 Å². The Morgan fingerprint density at radius 1 is 1.30 bits per heavy atom. The highest BCUT2D eigenvalue weighted by atomic mass is 16.5. The van der Waals surface area contributed by atoms with Crippen LogP contribution in [0.3, 0.4) is 0 Å². The fourth-order valence-corrected chi connectivity index (χ4v) is 2.79. The molecule has 0 saturated carbocycles. The maximum atomic E-state index is 12.7. The smallest absolute Gasteiger partial charge is 0.258 e. The second kappa shape index (κ2) is 5.49. The molecule has 0 unspecified atom stereocenters. The van der Waals surface area contributed by atoms with Gasteiger partial charge in [0.15, 0.2) is 0 Å². The van der Waals surface area contributed by atoms with Gasteiger partial charge in [0, 0.05) is 24.5 Å². The van der Waals surface area contributed by atoms with Crippen molar-refractivity contribution in [2.75, 3.05) is 0 Å². The van der Waals surface area contributed by atoms with Crippen molar-refractivity contribution in [1.82, 2.24) is 25.2 Å². The highest BCUT2D eigenvalue weighted by molar-refractivity contribution is 6.06. The van der Waals surface area contributed by atoms with E-state index in [0.717, 1.165) is 11.3 Å². The zero-order chi connectivity index (χ0) is 16.7. The Balaban J connectivity index is 1.95. The van der Waals surface area contributed by atoms with E-state index in [1.54, 1.807) is 17.7 Å². The van der Waals surface area contributed by atoms with Crippen LogP contribution in [-0.4, -0.2) is 25.8 Å². The Labute approximate surface area is 133 Å². The minimum Gasteiger partial charge on any atom is -0.345 e. The zero-order valence-corrected chi connectivity index (χ0v) is 13.8. The quantitative estimate of drug-likeness (QED) is 0.802. The Kier molecular flexibility index (Phi) is 3.63. The van der Waals surface area contributed by atoms with Crippen LogP contribution in [0.25, 0.3) is 11.1 Å². The van der Waals surface area contributed by atoms with E-state index in [2.05, 4.69) is 20.6 Å². The number of hydrogen-bond acceptors (Lipinski definition) is 5. The Morgan fingerprint density at radius 2 is 2.04 bits per heavy atom. The lowest BCUT2D eigenvalue weighted by molar-refractivity contribution is 0.0941. The van der Waals surface area contributed by atoms with Gasteiger partial charge in [0.25, 0.3) is 11.6 Å². The van der Waals surface area contributed by atoms with E-state index in [0.29, 0.717) is 28.1 Å². The van der Waals surface area contributed by atoms with E-state index in [4.69, 9.17) is 4.52 Å². The van der Waals surface area contributed by atoms with Crippen molar-refractivity contribution < 1.29 is 9.32 Å². The van der Waals surface area contributed by atoms with Gasteiger partial charge in [-0.05, 0) is 33.8 Å². The number of carbonyl (C=O) groups excluding carboxylic acids is 1. The largest absolute Gasteiger partial charge is 0.345 e. The third-order valence-electron chi connectivity index (χ3n) is 3.86. The van der Waals surface area contributed by atoms with Crippen molar-refractivity contribution in [2.24, 2.45) is 7.05 Å². The van der Waals surface area contributed by atoms with Gasteiger partial charge in [-0.3, -0.25) is 9.48 Å². The fourth-order valence-electron chi connectivity index (χ4n) is 2.79. The number of nitrogens with one attached hydrogen (secondary N) is 1. The summed E-state index contributed by atoms with van der Waals surface area (Å²) in [5, 5.41) is 11.9. The van der Waals surface area contributed by atoms with Crippen LogP contribution < -0.4 is 5.32 Å². The number of nitrogens with zero attached hydrogens (tertiary/aromatic N) is 4. The summed E-state index contributed by atoms with van der Waals surface area (Å²) < 4.78 is 6.92. The summed E-state index contributed by atoms with van der Waals surface area (Å²) in [5.74, 6) is -0.178. The molecule has 0 saturated heterocycles. The summed E-state index contributed by atoms with van der Waals surface area (Å²) in [6, 6.07) is 1.60. The number of aromatic nitrogens is 4. The van der Waals surface area contributed by atoms with E-state index >= 15 is 0 Å². The lowest BCUT2D eigenvalue weighted by Crippen LogP contribution is -2.27. The van der Waals surface area contributed by atoms with Crippen LogP contribution in [0.1, 0.15) is 46.0 Å². The molecule has 120 valence electrons. The van der Waals surface area contributed by atoms with E-state index in [1.165, 1.54) is 0 Å². The minimum atomic E-state index is -0.178. The van der Waals surface area contributed by atoms with Crippen LogP contribution in [0.4, 0.5) is 0 Å². The van der Waals surface area contributed by atoms with Gasteiger partial charge in [-0.15, -0.1) is 0 Å². The molecule has 7 heteroatoms. The fraction of sp³-hybridized carbons (Fsp3) is 0.375. The molecule has 3 aromatic heterocycles. The monoisotopic (exact) mass is 313 g/mol. The molecule has 3 heterocycles. The number of carbonyl (C=O) groups is 1. The molecule has 1 atom stereocenters. The molecule has 0 aliphatic carbocycles. The normalized spacial score (nSPS) is 12.6. The maximum Gasteiger partial charge on any atom is 0.258 e. The van der Waals surface area contributed by atoms with Gasteiger partial charge >= 0.3 is 0 Å². The number of amides is 1. The first kappa shape index (κ1) is 15.2. The maximum absolute atomic E-state index is 12.7. The van der Waals surface area contributed by atoms with Gasteiger partial charge in [-0.25, -0.2) is 4.98 Å². The topological polar surface area (TPSA) is 85.8 Å². The van der Waals surface area contributed by atoms with Gasteiger partial charge in [-0.1, -0.05) is 5.16 Å². The number of rotatable bonds is 3. The second-order valence-electron chi connectivity index (χ2n) is 5.80. The van der Waals surface area contributed by atoms with E-state index in [9.17, 15) is 4.79 Å². The first-order valence-electron chi connectivity index (χ1n) is 7.41. The van der Waals surface area contributed by atoms with Crippen molar-refractivity contribution in [1.29, 1.82) is 0 Å². The first-order valence-corrected chi connectivity index (χ1v) is 7.41. The van der Waals surface area contributed by atoms with E-state index in [1.807, 2.05) is 34.0 Å². The molecule has 3 rings (SSSR count). The predicted octanol–water partition coefficient (Wildman–Crippen LogP) is 2.37. The highest BCUT2D eigenvalue weighted by Crippen LogP contribution is 2.23. The van der Waals surface area contributed by atoms with Crippen LogP contribution in [0.15, 0.2) is 16.8 Å². The summed E-state index contributed by atoms with van der Waals surface area (Å²) in [7, 11) is 1.86. The van der Waals surface area contributed by atoms with E-state index in [-0.39, 0.29) is 11.9 Å². The Bertz CT molecular complexity index is 893. The summed E-state index contributed by atoms with van der Waals surface area (Å²) in [6.45, 7) is 7.49. The SMILES string of the molecule is Cc1cc(C(=O)N[C@H](C)c2cn(C)nc2C)c2c(C)noc2n1. The van der Waals surface area contributed by atoms with Gasteiger partial charge in [0.05, 0.1) is 28.4 Å². The van der Waals surface area contributed by atoms with Crippen LogP contribution in [0.2, 0.25) is 0 Å². The van der Waals surface area contributed by atoms with Crippen LogP contribution in [0.5, 0.6) is 0 Å². The molecule has 3 aromatic rings. The molecule has 0 radical (unpaired) electrons. The van der Waals surface area contributed by atoms with Gasteiger partial charge in [0.2, 0.25) is 0 Å². The predicted molar refractivity (Wildman–Crippen MR) is 85.1 cm³/mol. The van der Waals surface area contributed by atoms with Gasteiger partial charge < -0.3 is 9.84 Å². The van der Waals surface area contributed by atoms with Crippen molar-refractivity contribution in [3.05, 3.63) is 40.5 Å². The third kappa shape index (κ3) is 2.69. The number of pyridine rings is 1. The molecule has 0 aromatic carbocycles. The average Bonchev–Trinajstić information content (AvgIpc) is 3.00. The summed E-state index contributed by atoms with van der Waals surface area (Å²) in [4.78, 5) is 17.0. The molecule has 0 aliphatic rings.